The molecule has 0 bridgehead atoms. The van der Waals surface area contributed by atoms with Crippen LogP contribution in [0.2, 0.25) is 0 Å². The highest BCUT2D eigenvalue weighted by Gasteiger charge is 2.25. The number of phosphoric ester groups is 1. The average Bonchev–Trinajstić information content (AvgIpc) is 2.98. The first kappa shape index (κ1) is 40.5. The molecule has 2 unspecified atom stereocenters. The Balaban J connectivity index is 3.82. The van der Waals surface area contributed by atoms with Gasteiger partial charge in [-0.3, -0.25) is 18.6 Å². The van der Waals surface area contributed by atoms with E-state index in [0.29, 0.717) is 6.42 Å². The van der Waals surface area contributed by atoms with Crippen LogP contribution in [0.3, 0.4) is 0 Å². The van der Waals surface area contributed by atoms with E-state index in [-0.39, 0.29) is 32.6 Å². The largest absolute Gasteiger partial charge is 0.472 e. The van der Waals surface area contributed by atoms with Crippen molar-refractivity contribution in [1.29, 1.82) is 0 Å². The number of nitrogens with two attached hydrogens (primary N) is 1. The molecule has 0 aliphatic carbocycles. The number of hydrogen-bond donors (Lipinski definition) is 2. The Kier molecular flexibility index (Phi) is 28.5. The third kappa shape index (κ3) is 28.6. The number of rotatable bonds is 30. The molecule has 3 N–H and O–H groups in total. The van der Waals surface area contributed by atoms with Gasteiger partial charge in [0.15, 0.2) is 6.10 Å². The summed E-state index contributed by atoms with van der Waals surface area (Å²) in [5, 5.41) is 0. The zero-order chi connectivity index (χ0) is 31.2. The summed E-state index contributed by atoms with van der Waals surface area (Å²) >= 11 is 0. The van der Waals surface area contributed by atoms with E-state index in [0.717, 1.165) is 32.1 Å². The fourth-order valence-corrected chi connectivity index (χ4v) is 4.94. The highest BCUT2D eigenvalue weighted by atomic mass is 31.2. The molecule has 0 saturated carbocycles. The molecule has 246 valence electrons. The Bertz CT molecular complexity index is 759. The Morgan fingerprint density at radius 1 is 0.738 bits per heavy atom. The van der Waals surface area contributed by atoms with Crippen LogP contribution in [0.25, 0.3) is 0 Å². The summed E-state index contributed by atoms with van der Waals surface area (Å²) < 4.78 is 31.7. The molecule has 10 heteroatoms. The number of carbonyl (C=O) groups is 2. The van der Waals surface area contributed by atoms with E-state index in [2.05, 4.69) is 35.8 Å². The minimum absolute atomic E-state index is 0.0517. The lowest BCUT2D eigenvalue weighted by Crippen LogP contribution is -2.29. The van der Waals surface area contributed by atoms with Gasteiger partial charge >= 0.3 is 19.8 Å². The van der Waals surface area contributed by atoms with Gasteiger partial charge in [0.1, 0.15) is 6.61 Å². The predicted molar refractivity (Wildman–Crippen MR) is 169 cm³/mol. The molecule has 42 heavy (non-hydrogen) atoms. The molecule has 0 aromatic rings. The van der Waals surface area contributed by atoms with E-state index in [4.69, 9.17) is 19.7 Å². The van der Waals surface area contributed by atoms with Crippen LogP contribution in [0.1, 0.15) is 136 Å². The van der Waals surface area contributed by atoms with Gasteiger partial charge < -0.3 is 20.1 Å². The Labute approximate surface area is 255 Å². The van der Waals surface area contributed by atoms with Crippen LogP contribution in [-0.4, -0.2) is 49.3 Å². The summed E-state index contributed by atoms with van der Waals surface area (Å²) in [6.07, 6.45) is 28.8. The van der Waals surface area contributed by atoms with Gasteiger partial charge in [-0.25, -0.2) is 4.57 Å². The second kappa shape index (κ2) is 29.6. The molecule has 0 heterocycles. The minimum atomic E-state index is -4.34. The number of allylic oxidation sites excluding steroid dienone is 4. The molecule has 0 fully saturated rings. The van der Waals surface area contributed by atoms with Crippen molar-refractivity contribution in [1.82, 2.24) is 0 Å². The van der Waals surface area contributed by atoms with E-state index >= 15 is 0 Å². The van der Waals surface area contributed by atoms with Crippen molar-refractivity contribution in [2.45, 2.75) is 142 Å². The molecule has 0 aromatic carbocycles. The standard InChI is InChI=1S/C32H60NO8P/c1-3-5-6-7-8-9-10-11-12-13-14-15-16-17-18-19-20-21-22-23-24-25-32(35)41-30(28-38-31(34)4-2)29-40-42(36,37)39-27-26-33/h10-11,13-14,30H,3-9,12,15-29,33H2,1-2H3,(H,36,37)/b11-10-,14-13-. The first-order valence-electron chi connectivity index (χ1n) is 16.3. The van der Waals surface area contributed by atoms with Gasteiger partial charge in [-0.1, -0.05) is 109 Å². The quantitative estimate of drug-likeness (QED) is 0.0355. The van der Waals surface area contributed by atoms with E-state index in [1.54, 1.807) is 6.92 Å². The SMILES string of the molecule is CCCCCCC/C=C\C/C=C\CCCCCCCCCCCC(=O)OC(COC(=O)CC)COP(=O)(O)OCCN. The lowest BCUT2D eigenvalue weighted by molar-refractivity contribution is -0.161. The fourth-order valence-electron chi connectivity index (χ4n) is 4.17. The van der Waals surface area contributed by atoms with E-state index in [1.165, 1.54) is 70.6 Å². The Morgan fingerprint density at radius 2 is 1.29 bits per heavy atom. The van der Waals surface area contributed by atoms with Crippen molar-refractivity contribution in [2.24, 2.45) is 5.73 Å². The molecule has 9 nitrogen and oxygen atoms in total. The van der Waals surface area contributed by atoms with Gasteiger partial charge in [-0.15, -0.1) is 0 Å². The number of carbonyl (C=O) groups excluding carboxylic acids is 2. The van der Waals surface area contributed by atoms with Crippen LogP contribution in [0, 0.1) is 0 Å². The van der Waals surface area contributed by atoms with Crippen LogP contribution >= 0.6 is 7.82 Å². The zero-order valence-electron chi connectivity index (χ0n) is 26.5. The number of unbranched alkanes of at least 4 members (excludes halogenated alkanes) is 14. The molecular weight excluding hydrogens is 557 g/mol. The van der Waals surface area contributed by atoms with Crippen molar-refractivity contribution < 1.29 is 37.6 Å². The van der Waals surface area contributed by atoms with Crippen molar-refractivity contribution in [3.63, 3.8) is 0 Å². The number of hydrogen-bond acceptors (Lipinski definition) is 8. The number of phosphoric acid groups is 1. The first-order valence-corrected chi connectivity index (χ1v) is 17.8. The normalized spacial score (nSPS) is 13.9. The van der Waals surface area contributed by atoms with Crippen LogP contribution in [0.15, 0.2) is 24.3 Å². The topological polar surface area (TPSA) is 134 Å². The fraction of sp³-hybridized carbons (Fsp3) is 0.812. The highest BCUT2D eigenvalue weighted by molar-refractivity contribution is 7.47. The summed E-state index contributed by atoms with van der Waals surface area (Å²) in [7, 11) is -4.34. The molecule has 0 radical (unpaired) electrons. The van der Waals surface area contributed by atoms with Crippen molar-refractivity contribution in [2.75, 3.05) is 26.4 Å². The zero-order valence-corrected chi connectivity index (χ0v) is 27.4. The lowest BCUT2D eigenvalue weighted by Gasteiger charge is -2.19. The van der Waals surface area contributed by atoms with Gasteiger partial charge in [0.25, 0.3) is 0 Å². The monoisotopic (exact) mass is 617 g/mol. The highest BCUT2D eigenvalue weighted by Crippen LogP contribution is 2.43. The maximum absolute atomic E-state index is 12.3. The molecule has 0 amide bonds. The molecule has 2 atom stereocenters. The van der Waals surface area contributed by atoms with Crippen LogP contribution in [0.5, 0.6) is 0 Å². The number of ether oxygens (including phenoxy) is 2. The average molecular weight is 618 g/mol. The van der Waals surface area contributed by atoms with Gasteiger partial charge in [0.2, 0.25) is 0 Å². The van der Waals surface area contributed by atoms with Crippen LogP contribution in [-0.2, 0) is 32.7 Å². The van der Waals surface area contributed by atoms with Gasteiger partial charge in [-0.2, -0.15) is 0 Å². The third-order valence-corrected chi connectivity index (χ3v) is 7.63. The van der Waals surface area contributed by atoms with Gasteiger partial charge in [-0.05, 0) is 38.5 Å². The van der Waals surface area contributed by atoms with Crippen molar-refractivity contribution in [3.05, 3.63) is 24.3 Å². The first-order chi connectivity index (χ1) is 20.3. The molecule has 0 aromatic heterocycles. The summed E-state index contributed by atoms with van der Waals surface area (Å²) in [5.41, 5.74) is 5.26. The second-order valence-electron chi connectivity index (χ2n) is 10.6. The summed E-state index contributed by atoms with van der Waals surface area (Å²) in [6.45, 7) is 3.09. The van der Waals surface area contributed by atoms with E-state index < -0.39 is 32.5 Å². The maximum Gasteiger partial charge on any atom is 0.472 e. The van der Waals surface area contributed by atoms with Gasteiger partial charge in [0.05, 0.1) is 13.2 Å². The Morgan fingerprint density at radius 3 is 1.83 bits per heavy atom. The summed E-state index contributed by atoms with van der Waals surface area (Å²) in [5.74, 6) is -0.934. The van der Waals surface area contributed by atoms with Crippen LogP contribution in [0.4, 0.5) is 0 Å². The smallest absolute Gasteiger partial charge is 0.462 e. The van der Waals surface area contributed by atoms with Crippen molar-refractivity contribution >= 4 is 19.8 Å². The molecular formula is C32H60NO8P. The lowest BCUT2D eigenvalue weighted by atomic mass is 10.1. The third-order valence-electron chi connectivity index (χ3n) is 6.64. The predicted octanol–water partition coefficient (Wildman–Crippen LogP) is 8.10. The summed E-state index contributed by atoms with van der Waals surface area (Å²) in [4.78, 5) is 33.4. The van der Waals surface area contributed by atoms with E-state index in [1.807, 2.05) is 0 Å². The molecule has 0 rings (SSSR count). The minimum Gasteiger partial charge on any atom is -0.462 e. The maximum atomic E-state index is 12.3. The summed E-state index contributed by atoms with van der Waals surface area (Å²) in [6, 6.07) is 0. The van der Waals surface area contributed by atoms with E-state index in [9.17, 15) is 19.0 Å². The Hall–Kier alpha value is -1.51. The molecule has 0 aliphatic heterocycles. The van der Waals surface area contributed by atoms with Gasteiger partial charge in [0, 0.05) is 19.4 Å². The second-order valence-corrected chi connectivity index (χ2v) is 12.1. The van der Waals surface area contributed by atoms with Crippen LogP contribution < -0.4 is 5.73 Å². The molecule has 0 aliphatic rings. The molecule has 0 spiro atoms. The number of esters is 2. The van der Waals surface area contributed by atoms with Crippen molar-refractivity contribution in [3.8, 4) is 0 Å². The molecule has 0 saturated heterocycles.